The van der Waals surface area contributed by atoms with Crippen LogP contribution in [0.1, 0.15) is 17.0 Å². The Hall–Kier alpha value is -3.33. The van der Waals surface area contributed by atoms with Crippen LogP contribution in [0.4, 0.5) is 0 Å². The van der Waals surface area contributed by atoms with Crippen LogP contribution in [0.2, 0.25) is 0 Å². The van der Waals surface area contributed by atoms with Crippen LogP contribution in [0.25, 0.3) is 10.9 Å². The highest BCUT2D eigenvalue weighted by Crippen LogP contribution is 2.45. The summed E-state index contributed by atoms with van der Waals surface area (Å²) in [5, 5.41) is 18.7. The Morgan fingerprint density at radius 2 is 2.21 bits per heavy atom. The maximum absolute atomic E-state index is 9.59. The molecule has 1 aliphatic rings. The minimum absolute atomic E-state index is 0.0495. The Bertz CT molecular complexity index is 986. The fourth-order valence-corrected chi connectivity index (χ4v) is 3.21. The number of nitrogens with zero attached hydrogens (tertiary/aromatic N) is 2. The van der Waals surface area contributed by atoms with E-state index in [0.717, 1.165) is 22.0 Å². The summed E-state index contributed by atoms with van der Waals surface area (Å²) < 4.78 is 11.0. The highest BCUT2D eigenvalue weighted by molar-refractivity contribution is 5.94. The van der Waals surface area contributed by atoms with Gasteiger partial charge in [0.25, 0.3) is 0 Å². The number of methoxy groups -OCH3 is 1. The van der Waals surface area contributed by atoms with E-state index in [0.29, 0.717) is 11.5 Å². The Balaban J connectivity index is 1.96. The van der Waals surface area contributed by atoms with Crippen LogP contribution in [-0.2, 0) is 0 Å². The van der Waals surface area contributed by atoms with Crippen LogP contribution in [0.15, 0.2) is 42.9 Å². The molecule has 0 saturated heterocycles. The van der Waals surface area contributed by atoms with E-state index in [4.69, 9.17) is 14.9 Å². The molecule has 0 spiro atoms. The first-order chi connectivity index (χ1) is 11.7. The average Bonchev–Trinajstić information content (AvgIpc) is 3.09. The number of pyridine rings is 1. The number of H-pyrrole nitrogens is 1. The first kappa shape index (κ1) is 14.3. The fourth-order valence-electron chi connectivity index (χ4n) is 3.21. The van der Waals surface area contributed by atoms with Crippen molar-refractivity contribution in [1.82, 2.24) is 9.97 Å². The summed E-state index contributed by atoms with van der Waals surface area (Å²) in [6.07, 6.45) is 5.16. The first-order valence-electron chi connectivity index (χ1n) is 7.47. The number of aromatic nitrogens is 2. The van der Waals surface area contributed by atoms with Crippen LogP contribution in [-0.4, -0.2) is 23.0 Å². The molecule has 0 saturated carbocycles. The van der Waals surface area contributed by atoms with E-state index in [1.807, 2.05) is 30.5 Å². The molecule has 0 bridgehead atoms. The summed E-state index contributed by atoms with van der Waals surface area (Å²) in [4.78, 5) is 7.33. The van der Waals surface area contributed by atoms with Crippen molar-refractivity contribution in [1.29, 1.82) is 10.7 Å². The molecule has 1 aliphatic heterocycles. The van der Waals surface area contributed by atoms with Crippen LogP contribution in [0.3, 0.4) is 0 Å². The molecule has 0 radical (unpaired) electrons. The zero-order chi connectivity index (χ0) is 16.7. The van der Waals surface area contributed by atoms with Gasteiger partial charge in [-0.05, 0) is 23.8 Å². The van der Waals surface area contributed by atoms with Crippen molar-refractivity contribution in [2.45, 2.75) is 5.92 Å². The molecule has 24 heavy (non-hydrogen) atoms. The lowest BCUT2D eigenvalue weighted by atomic mass is 9.79. The third kappa shape index (κ3) is 2.02. The quantitative estimate of drug-likeness (QED) is 0.758. The number of benzene rings is 1. The zero-order valence-electron chi connectivity index (χ0n) is 12.9. The molecule has 0 amide bonds. The van der Waals surface area contributed by atoms with Crippen molar-refractivity contribution in [3.8, 4) is 17.6 Å². The SMILES string of the molecule is COc1cncc(C2c3ccc4[nH]ccc4c3OC(=N)C2C#N)c1. The predicted molar refractivity (Wildman–Crippen MR) is 88.4 cm³/mol. The number of rotatable bonds is 2. The molecule has 6 heteroatoms. The number of fused-ring (bicyclic) bond motifs is 3. The van der Waals surface area contributed by atoms with E-state index in [1.54, 1.807) is 19.5 Å². The van der Waals surface area contributed by atoms with Crippen molar-refractivity contribution in [3.63, 3.8) is 0 Å². The lowest BCUT2D eigenvalue weighted by molar-refractivity contribution is 0.410. The van der Waals surface area contributed by atoms with Gasteiger partial charge in [-0.25, -0.2) is 0 Å². The standard InChI is InChI=1S/C18H14N4O2/c1-23-11-6-10(8-21-9-11)16-13-2-3-15-12(4-5-22-15)17(13)24-18(20)14(16)7-19/h2-6,8-9,14,16,20,22H,1H3. The van der Waals surface area contributed by atoms with Crippen molar-refractivity contribution >= 4 is 16.8 Å². The summed E-state index contributed by atoms with van der Waals surface area (Å²) >= 11 is 0. The van der Waals surface area contributed by atoms with Crippen molar-refractivity contribution in [3.05, 3.63) is 54.0 Å². The highest BCUT2D eigenvalue weighted by atomic mass is 16.5. The Morgan fingerprint density at radius 3 is 3.00 bits per heavy atom. The summed E-state index contributed by atoms with van der Waals surface area (Å²) in [5.41, 5.74) is 2.63. The molecule has 0 aliphatic carbocycles. The van der Waals surface area contributed by atoms with Gasteiger partial charge in [0, 0.05) is 34.8 Å². The number of nitriles is 1. The Morgan fingerprint density at radius 1 is 1.33 bits per heavy atom. The molecule has 2 N–H and O–H groups in total. The minimum Gasteiger partial charge on any atom is -0.495 e. The third-order valence-corrected chi connectivity index (χ3v) is 4.35. The second kappa shape index (κ2) is 5.39. The normalized spacial score (nSPS) is 19.4. The number of nitrogens with one attached hydrogen (secondary N) is 2. The molecule has 2 aromatic heterocycles. The van der Waals surface area contributed by atoms with Crippen molar-refractivity contribution in [2.24, 2.45) is 5.92 Å². The maximum atomic E-state index is 9.59. The summed E-state index contributed by atoms with van der Waals surface area (Å²) in [7, 11) is 1.58. The second-order valence-electron chi connectivity index (χ2n) is 5.63. The smallest absolute Gasteiger partial charge is 0.205 e. The molecule has 3 aromatic rings. The average molecular weight is 318 g/mol. The van der Waals surface area contributed by atoms with Crippen LogP contribution >= 0.6 is 0 Å². The lowest BCUT2D eigenvalue weighted by Gasteiger charge is -2.30. The second-order valence-corrected chi connectivity index (χ2v) is 5.63. The molecule has 2 atom stereocenters. The highest BCUT2D eigenvalue weighted by Gasteiger charge is 2.38. The summed E-state index contributed by atoms with van der Waals surface area (Å²) in [6, 6.07) is 9.86. The number of ether oxygens (including phenoxy) is 2. The molecule has 6 nitrogen and oxygen atoms in total. The fraction of sp³-hybridized carbons (Fsp3) is 0.167. The van der Waals surface area contributed by atoms with E-state index >= 15 is 0 Å². The van der Waals surface area contributed by atoms with E-state index in [1.165, 1.54) is 0 Å². The summed E-state index contributed by atoms with van der Waals surface area (Å²) in [6.45, 7) is 0. The van der Waals surface area contributed by atoms with Gasteiger partial charge >= 0.3 is 0 Å². The molecule has 2 unspecified atom stereocenters. The van der Waals surface area contributed by atoms with Gasteiger partial charge in [0.05, 0.1) is 19.4 Å². The van der Waals surface area contributed by atoms with E-state index < -0.39 is 5.92 Å². The first-order valence-corrected chi connectivity index (χ1v) is 7.47. The lowest BCUT2D eigenvalue weighted by Crippen LogP contribution is -2.31. The predicted octanol–water partition coefficient (Wildman–Crippen LogP) is 3.21. The Kier molecular flexibility index (Phi) is 3.21. The van der Waals surface area contributed by atoms with Crippen LogP contribution in [0.5, 0.6) is 11.5 Å². The van der Waals surface area contributed by atoms with Gasteiger partial charge in [0.1, 0.15) is 17.4 Å². The number of hydrogen-bond donors (Lipinski definition) is 2. The molecule has 118 valence electrons. The molecule has 4 rings (SSSR count). The number of hydrogen-bond acceptors (Lipinski definition) is 5. The molecular weight excluding hydrogens is 304 g/mol. The van der Waals surface area contributed by atoms with Crippen LogP contribution < -0.4 is 9.47 Å². The summed E-state index contributed by atoms with van der Waals surface area (Å²) in [5.74, 6) is 0.159. The number of aromatic amines is 1. The molecule has 3 heterocycles. The van der Waals surface area contributed by atoms with Gasteiger partial charge in [0.2, 0.25) is 5.90 Å². The van der Waals surface area contributed by atoms with Gasteiger partial charge in [-0.2, -0.15) is 5.26 Å². The van der Waals surface area contributed by atoms with Crippen molar-refractivity contribution in [2.75, 3.05) is 7.11 Å². The zero-order valence-corrected chi connectivity index (χ0v) is 12.9. The molecule has 0 fully saturated rings. The van der Waals surface area contributed by atoms with Gasteiger partial charge in [-0.15, -0.1) is 0 Å². The van der Waals surface area contributed by atoms with Gasteiger partial charge in [-0.1, -0.05) is 6.07 Å². The van der Waals surface area contributed by atoms with Gasteiger partial charge in [-0.3, -0.25) is 10.4 Å². The largest absolute Gasteiger partial charge is 0.495 e. The van der Waals surface area contributed by atoms with Gasteiger partial charge < -0.3 is 14.5 Å². The van der Waals surface area contributed by atoms with E-state index in [-0.39, 0.29) is 11.8 Å². The third-order valence-electron chi connectivity index (χ3n) is 4.35. The van der Waals surface area contributed by atoms with E-state index in [2.05, 4.69) is 16.0 Å². The monoisotopic (exact) mass is 318 g/mol. The maximum Gasteiger partial charge on any atom is 0.205 e. The molecule has 1 aromatic carbocycles. The van der Waals surface area contributed by atoms with Crippen LogP contribution in [0, 0.1) is 22.7 Å². The minimum atomic E-state index is -0.706. The van der Waals surface area contributed by atoms with Crippen molar-refractivity contribution < 1.29 is 9.47 Å². The topological polar surface area (TPSA) is 94.8 Å². The Labute approximate surface area is 138 Å². The van der Waals surface area contributed by atoms with E-state index in [9.17, 15) is 5.26 Å². The molecular formula is C18H14N4O2. The van der Waals surface area contributed by atoms with Gasteiger partial charge in [0.15, 0.2) is 0 Å².